The molecule has 2 nitrogen and oxygen atoms in total. The Balaban J connectivity index is 2.13. The third kappa shape index (κ3) is 2.07. The minimum absolute atomic E-state index is 0.0594. The summed E-state index contributed by atoms with van der Waals surface area (Å²) < 4.78 is 6.50. The minimum Gasteiger partial charge on any atom is -0.366 e. The number of nitrogens with one attached hydrogen (secondary N) is 1. The molecule has 0 aromatic carbocycles. The molecule has 2 rings (SSSR count). The molecule has 1 saturated heterocycles. The van der Waals surface area contributed by atoms with Gasteiger partial charge in [0.05, 0.1) is 11.2 Å². The predicted molar refractivity (Wildman–Crippen MR) is 63.0 cm³/mol. The molecule has 1 aliphatic carbocycles. The van der Waals surface area contributed by atoms with Gasteiger partial charge in [-0.3, -0.25) is 0 Å². The van der Waals surface area contributed by atoms with E-state index < -0.39 is 0 Å². The lowest BCUT2D eigenvalue weighted by molar-refractivity contribution is -0.205. The number of morpholine rings is 1. The Bertz CT molecular complexity index is 227. The molecule has 1 spiro atoms. The second-order valence-corrected chi connectivity index (χ2v) is 5.72. The molecule has 1 N–H and O–H groups in total. The summed E-state index contributed by atoms with van der Waals surface area (Å²) in [4.78, 5) is 0. The zero-order valence-corrected chi connectivity index (χ0v) is 10.4. The van der Waals surface area contributed by atoms with Crippen molar-refractivity contribution in [2.24, 2.45) is 5.92 Å². The van der Waals surface area contributed by atoms with Crippen molar-refractivity contribution < 1.29 is 4.74 Å². The molecule has 3 unspecified atom stereocenters. The second kappa shape index (κ2) is 4.06. The number of ether oxygens (including phenoxy) is 1. The maximum absolute atomic E-state index is 6.50. The lowest BCUT2D eigenvalue weighted by Gasteiger charge is -2.52. The molecule has 3 atom stereocenters. The summed E-state index contributed by atoms with van der Waals surface area (Å²) in [7, 11) is 0. The van der Waals surface area contributed by atoms with Gasteiger partial charge in [-0.2, -0.15) is 0 Å². The highest BCUT2D eigenvalue weighted by Crippen LogP contribution is 2.41. The molecule has 1 aliphatic heterocycles. The summed E-state index contributed by atoms with van der Waals surface area (Å²) in [6.07, 6.45) is 6.41. The van der Waals surface area contributed by atoms with Crippen LogP contribution in [0.3, 0.4) is 0 Å². The number of rotatable bonds is 1. The fourth-order valence-electron chi connectivity index (χ4n) is 3.10. The molecule has 0 bridgehead atoms. The minimum atomic E-state index is 0.0594. The molecule has 0 aromatic heterocycles. The monoisotopic (exact) mass is 211 g/mol. The van der Waals surface area contributed by atoms with E-state index in [2.05, 4.69) is 26.1 Å². The molecular formula is C13H25NO. The Hall–Kier alpha value is -0.0800. The summed E-state index contributed by atoms with van der Waals surface area (Å²) in [6.45, 7) is 8.92. The SMILES string of the molecule is CCC1(C)CNCC2(CCCCC2C)O1. The molecule has 0 aromatic rings. The Morgan fingerprint density at radius 3 is 2.80 bits per heavy atom. The van der Waals surface area contributed by atoms with E-state index in [0.29, 0.717) is 5.92 Å². The van der Waals surface area contributed by atoms with Gasteiger partial charge in [-0.1, -0.05) is 26.7 Å². The van der Waals surface area contributed by atoms with E-state index in [9.17, 15) is 0 Å². The van der Waals surface area contributed by atoms with Crippen LogP contribution in [0.5, 0.6) is 0 Å². The summed E-state index contributed by atoms with van der Waals surface area (Å²) in [6, 6.07) is 0. The van der Waals surface area contributed by atoms with Crippen molar-refractivity contribution in [3.05, 3.63) is 0 Å². The van der Waals surface area contributed by atoms with Gasteiger partial charge in [0, 0.05) is 13.1 Å². The van der Waals surface area contributed by atoms with Crippen LogP contribution in [0.1, 0.15) is 52.9 Å². The molecule has 15 heavy (non-hydrogen) atoms. The topological polar surface area (TPSA) is 21.3 Å². The van der Waals surface area contributed by atoms with Gasteiger partial charge in [-0.05, 0) is 32.1 Å². The van der Waals surface area contributed by atoms with Crippen molar-refractivity contribution in [2.75, 3.05) is 13.1 Å². The van der Waals surface area contributed by atoms with Gasteiger partial charge in [-0.25, -0.2) is 0 Å². The Labute approximate surface area is 93.8 Å². The van der Waals surface area contributed by atoms with E-state index in [1.54, 1.807) is 0 Å². The van der Waals surface area contributed by atoms with Gasteiger partial charge < -0.3 is 10.1 Å². The molecular weight excluding hydrogens is 186 g/mol. The van der Waals surface area contributed by atoms with Crippen molar-refractivity contribution in [3.63, 3.8) is 0 Å². The van der Waals surface area contributed by atoms with Crippen LogP contribution in [0.2, 0.25) is 0 Å². The molecule has 1 saturated carbocycles. The first-order valence-corrected chi connectivity index (χ1v) is 6.51. The van der Waals surface area contributed by atoms with Crippen LogP contribution in [0.4, 0.5) is 0 Å². The third-order valence-electron chi connectivity index (χ3n) is 4.51. The zero-order chi connectivity index (χ0) is 10.9. The van der Waals surface area contributed by atoms with Crippen LogP contribution >= 0.6 is 0 Å². The molecule has 88 valence electrons. The van der Waals surface area contributed by atoms with Crippen LogP contribution in [0, 0.1) is 5.92 Å². The molecule has 0 amide bonds. The number of hydrogen-bond donors (Lipinski definition) is 1. The fourth-order valence-corrected chi connectivity index (χ4v) is 3.10. The van der Waals surface area contributed by atoms with E-state index in [1.807, 2.05) is 0 Å². The summed E-state index contributed by atoms with van der Waals surface area (Å²) in [5.74, 6) is 0.713. The van der Waals surface area contributed by atoms with Gasteiger partial charge in [0.25, 0.3) is 0 Å². The van der Waals surface area contributed by atoms with Crippen LogP contribution in [0.25, 0.3) is 0 Å². The van der Waals surface area contributed by atoms with Crippen molar-refractivity contribution in [2.45, 2.75) is 64.1 Å². The van der Waals surface area contributed by atoms with Crippen LogP contribution in [-0.2, 0) is 4.74 Å². The van der Waals surface area contributed by atoms with E-state index >= 15 is 0 Å². The Morgan fingerprint density at radius 1 is 1.33 bits per heavy atom. The van der Waals surface area contributed by atoms with Crippen molar-refractivity contribution >= 4 is 0 Å². The van der Waals surface area contributed by atoms with Gasteiger partial charge in [0.2, 0.25) is 0 Å². The van der Waals surface area contributed by atoms with Crippen molar-refractivity contribution in [3.8, 4) is 0 Å². The normalized spacial score (nSPS) is 47.0. The van der Waals surface area contributed by atoms with Crippen LogP contribution in [-0.4, -0.2) is 24.3 Å². The standard InChI is InChI=1S/C13H25NO/c1-4-12(3)9-14-10-13(15-12)8-6-5-7-11(13)2/h11,14H,4-10H2,1-3H3. The van der Waals surface area contributed by atoms with Crippen LogP contribution < -0.4 is 5.32 Å². The van der Waals surface area contributed by atoms with Gasteiger partial charge in [0.1, 0.15) is 0 Å². The molecule has 2 aliphatic rings. The average Bonchev–Trinajstić information content (AvgIpc) is 2.23. The molecule has 1 heterocycles. The smallest absolute Gasteiger partial charge is 0.0839 e. The first kappa shape index (κ1) is 11.4. The largest absolute Gasteiger partial charge is 0.366 e. The summed E-state index contributed by atoms with van der Waals surface area (Å²) in [5.41, 5.74) is 0.200. The molecule has 2 heteroatoms. The summed E-state index contributed by atoms with van der Waals surface area (Å²) in [5, 5.41) is 3.59. The highest BCUT2D eigenvalue weighted by molar-refractivity contribution is 4.98. The van der Waals surface area contributed by atoms with E-state index in [1.165, 1.54) is 25.7 Å². The van der Waals surface area contributed by atoms with E-state index in [-0.39, 0.29) is 11.2 Å². The number of hydrogen-bond acceptors (Lipinski definition) is 2. The summed E-state index contributed by atoms with van der Waals surface area (Å²) >= 11 is 0. The van der Waals surface area contributed by atoms with Gasteiger partial charge in [0.15, 0.2) is 0 Å². The molecule has 2 fully saturated rings. The molecule has 0 radical (unpaired) electrons. The zero-order valence-electron chi connectivity index (χ0n) is 10.4. The Kier molecular flexibility index (Phi) is 3.09. The maximum atomic E-state index is 6.50. The lowest BCUT2D eigenvalue weighted by Crippen LogP contribution is -2.62. The first-order chi connectivity index (χ1) is 7.10. The quantitative estimate of drug-likeness (QED) is 0.720. The second-order valence-electron chi connectivity index (χ2n) is 5.72. The highest BCUT2D eigenvalue weighted by atomic mass is 16.5. The van der Waals surface area contributed by atoms with Crippen molar-refractivity contribution in [1.29, 1.82) is 0 Å². The predicted octanol–water partition coefficient (Wildman–Crippen LogP) is 2.72. The van der Waals surface area contributed by atoms with E-state index in [0.717, 1.165) is 19.5 Å². The third-order valence-corrected chi connectivity index (χ3v) is 4.51. The first-order valence-electron chi connectivity index (χ1n) is 6.51. The lowest BCUT2D eigenvalue weighted by atomic mass is 9.74. The van der Waals surface area contributed by atoms with Crippen LogP contribution in [0.15, 0.2) is 0 Å². The van der Waals surface area contributed by atoms with Crippen molar-refractivity contribution in [1.82, 2.24) is 5.32 Å². The highest BCUT2D eigenvalue weighted by Gasteiger charge is 2.46. The van der Waals surface area contributed by atoms with Gasteiger partial charge in [-0.15, -0.1) is 0 Å². The fraction of sp³-hybridized carbons (Fsp3) is 1.00. The Morgan fingerprint density at radius 2 is 2.13 bits per heavy atom. The average molecular weight is 211 g/mol. The van der Waals surface area contributed by atoms with E-state index in [4.69, 9.17) is 4.74 Å². The van der Waals surface area contributed by atoms with Gasteiger partial charge >= 0.3 is 0 Å². The maximum Gasteiger partial charge on any atom is 0.0839 e.